The molecule has 3 rings (SSSR count). The van der Waals surface area contributed by atoms with Gasteiger partial charge in [0.05, 0.1) is 6.04 Å². The van der Waals surface area contributed by atoms with Gasteiger partial charge >= 0.3 is 0 Å². The molecule has 5 nitrogen and oxygen atoms in total. The number of rotatable bonds is 4. The summed E-state index contributed by atoms with van der Waals surface area (Å²) < 4.78 is 0. The Kier molecular flexibility index (Phi) is 5.14. The molecule has 1 unspecified atom stereocenters. The van der Waals surface area contributed by atoms with Crippen molar-refractivity contribution < 1.29 is 14.7 Å². The van der Waals surface area contributed by atoms with Crippen LogP contribution in [0.2, 0.25) is 0 Å². The van der Waals surface area contributed by atoms with E-state index in [0.717, 1.165) is 16.8 Å². The number of aryl methyl sites for hydroxylation is 1. The van der Waals surface area contributed by atoms with Crippen LogP contribution in [-0.2, 0) is 16.0 Å². The molecule has 2 aromatic carbocycles. The van der Waals surface area contributed by atoms with Crippen LogP contribution in [0.5, 0.6) is 0 Å². The first-order chi connectivity index (χ1) is 12.1. The topological polar surface area (TPSA) is 60.9 Å². The van der Waals surface area contributed by atoms with E-state index in [0.29, 0.717) is 13.0 Å². The molecule has 1 fully saturated rings. The highest BCUT2D eigenvalue weighted by molar-refractivity contribution is 5.98. The van der Waals surface area contributed by atoms with Gasteiger partial charge in [0.15, 0.2) is 0 Å². The second-order valence-electron chi connectivity index (χ2n) is 6.36. The molecule has 2 amide bonds. The van der Waals surface area contributed by atoms with Crippen molar-refractivity contribution in [1.82, 2.24) is 4.90 Å². The molecule has 1 atom stereocenters. The van der Waals surface area contributed by atoms with Crippen LogP contribution < -0.4 is 4.90 Å². The van der Waals surface area contributed by atoms with Crippen molar-refractivity contribution in [1.29, 1.82) is 0 Å². The fourth-order valence-electron chi connectivity index (χ4n) is 3.19. The highest BCUT2D eigenvalue weighted by atomic mass is 16.3. The van der Waals surface area contributed by atoms with Gasteiger partial charge in [-0.05, 0) is 31.0 Å². The number of carbonyl (C=O) groups is 2. The molecule has 0 spiro atoms. The maximum absolute atomic E-state index is 12.6. The normalized spacial score (nSPS) is 17.7. The lowest BCUT2D eigenvalue weighted by Gasteiger charge is -2.41. The Morgan fingerprint density at radius 2 is 1.80 bits per heavy atom. The van der Waals surface area contributed by atoms with E-state index in [4.69, 9.17) is 0 Å². The zero-order valence-electron chi connectivity index (χ0n) is 14.3. The lowest BCUT2D eigenvalue weighted by atomic mass is 10.0. The summed E-state index contributed by atoms with van der Waals surface area (Å²) in [5.74, 6) is -0.534. The van der Waals surface area contributed by atoms with Crippen molar-refractivity contribution in [2.24, 2.45) is 0 Å². The SMILES string of the molecule is Cc1ccc(N2CC(Cc3ccccc3)N(C(=O)CO)CC2=O)cc1. The Bertz CT molecular complexity index is 743. The number of aliphatic hydroxyl groups is 1. The Morgan fingerprint density at radius 3 is 2.44 bits per heavy atom. The van der Waals surface area contributed by atoms with Crippen molar-refractivity contribution in [3.8, 4) is 0 Å². The number of carbonyl (C=O) groups excluding carboxylic acids is 2. The number of piperazine rings is 1. The zero-order chi connectivity index (χ0) is 17.8. The third-order valence-corrected chi connectivity index (χ3v) is 4.56. The van der Waals surface area contributed by atoms with Crippen LogP contribution >= 0.6 is 0 Å². The molecular formula is C20H22N2O3. The van der Waals surface area contributed by atoms with E-state index < -0.39 is 12.5 Å². The summed E-state index contributed by atoms with van der Waals surface area (Å²) in [4.78, 5) is 27.9. The van der Waals surface area contributed by atoms with Crippen molar-refractivity contribution in [2.75, 3.05) is 24.6 Å². The number of aliphatic hydroxyl groups excluding tert-OH is 1. The van der Waals surface area contributed by atoms with Crippen LogP contribution in [-0.4, -0.2) is 47.6 Å². The summed E-state index contributed by atoms with van der Waals surface area (Å²) in [6.07, 6.45) is 0.641. The molecule has 0 bridgehead atoms. The lowest BCUT2D eigenvalue weighted by Crippen LogP contribution is -2.59. The molecule has 0 aromatic heterocycles. The monoisotopic (exact) mass is 338 g/mol. The van der Waals surface area contributed by atoms with E-state index in [2.05, 4.69) is 0 Å². The molecule has 1 aliphatic rings. The molecule has 5 heteroatoms. The standard InChI is InChI=1S/C20H22N2O3/c1-15-7-9-17(10-8-15)21-12-18(11-16-5-3-2-4-6-16)22(13-19(21)24)20(25)14-23/h2-10,18,23H,11-14H2,1H3. The molecule has 0 aliphatic carbocycles. The molecule has 0 radical (unpaired) electrons. The predicted molar refractivity (Wildman–Crippen MR) is 96.3 cm³/mol. The van der Waals surface area contributed by atoms with Gasteiger partial charge < -0.3 is 14.9 Å². The molecule has 25 heavy (non-hydrogen) atoms. The van der Waals surface area contributed by atoms with E-state index in [1.54, 1.807) is 4.90 Å². The lowest BCUT2D eigenvalue weighted by molar-refractivity contribution is -0.142. The minimum atomic E-state index is -0.580. The number of benzene rings is 2. The Balaban J connectivity index is 1.86. The van der Waals surface area contributed by atoms with Gasteiger partial charge in [0.1, 0.15) is 13.2 Å². The molecule has 1 aliphatic heterocycles. The number of amides is 2. The molecule has 130 valence electrons. The fraction of sp³-hybridized carbons (Fsp3) is 0.300. The van der Waals surface area contributed by atoms with Crippen LogP contribution in [0, 0.1) is 6.92 Å². The second-order valence-corrected chi connectivity index (χ2v) is 6.36. The second kappa shape index (κ2) is 7.49. The van der Waals surface area contributed by atoms with Crippen molar-refractivity contribution in [3.05, 3.63) is 65.7 Å². The highest BCUT2D eigenvalue weighted by Crippen LogP contribution is 2.23. The third kappa shape index (κ3) is 3.88. The summed E-state index contributed by atoms with van der Waals surface area (Å²) in [5, 5.41) is 9.25. The first-order valence-corrected chi connectivity index (χ1v) is 8.40. The van der Waals surface area contributed by atoms with E-state index in [9.17, 15) is 14.7 Å². The number of nitrogens with zero attached hydrogens (tertiary/aromatic N) is 2. The largest absolute Gasteiger partial charge is 0.387 e. The maximum Gasteiger partial charge on any atom is 0.249 e. The van der Waals surface area contributed by atoms with Gasteiger partial charge in [-0.3, -0.25) is 9.59 Å². The quantitative estimate of drug-likeness (QED) is 0.924. The smallest absolute Gasteiger partial charge is 0.249 e. The minimum absolute atomic E-state index is 0.00916. The Morgan fingerprint density at radius 1 is 1.12 bits per heavy atom. The van der Waals surface area contributed by atoms with E-state index in [-0.39, 0.29) is 18.5 Å². The molecule has 0 saturated carbocycles. The van der Waals surface area contributed by atoms with Gasteiger partial charge in [-0.15, -0.1) is 0 Å². The van der Waals surface area contributed by atoms with Gasteiger partial charge in [0.25, 0.3) is 0 Å². The number of hydrogen-bond donors (Lipinski definition) is 1. The molecule has 1 N–H and O–H groups in total. The molecule has 2 aromatic rings. The van der Waals surface area contributed by atoms with Crippen molar-refractivity contribution in [2.45, 2.75) is 19.4 Å². The van der Waals surface area contributed by atoms with E-state index in [1.807, 2.05) is 61.5 Å². The van der Waals surface area contributed by atoms with E-state index >= 15 is 0 Å². The van der Waals surface area contributed by atoms with E-state index in [1.165, 1.54) is 4.90 Å². The average molecular weight is 338 g/mol. The van der Waals surface area contributed by atoms with Gasteiger partial charge in [-0.2, -0.15) is 0 Å². The van der Waals surface area contributed by atoms with Crippen LogP contribution in [0.25, 0.3) is 0 Å². The van der Waals surface area contributed by atoms with Crippen LogP contribution in [0.1, 0.15) is 11.1 Å². The third-order valence-electron chi connectivity index (χ3n) is 4.56. The summed E-state index contributed by atoms with van der Waals surface area (Å²) in [6, 6.07) is 17.5. The molecular weight excluding hydrogens is 316 g/mol. The van der Waals surface area contributed by atoms with Gasteiger partial charge in [-0.1, -0.05) is 48.0 Å². The summed E-state index contributed by atoms with van der Waals surface area (Å²) in [5.41, 5.74) is 3.07. The molecule has 1 saturated heterocycles. The fourth-order valence-corrected chi connectivity index (χ4v) is 3.19. The van der Waals surface area contributed by atoms with Crippen molar-refractivity contribution in [3.63, 3.8) is 0 Å². The minimum Gasteiger partial charge on any atom is -0.387 e. The van der Waals surface area contributed by atoms with Gasteiger partial charge in [-0.25, -0.2) is 0 Å². The number of hydrogen-bond acceptors (Lipinski definition) is 3. The van der Waals surface area contributed by atoms with Crippen molar-refractivity contribution >= 4 is 17.5 Å². The first kappa shape index (κ1) is 17.2. The van der Waals surface area contributed by atoms with Crippen LogP contribution in [0.3, 0.4) is 0 Å². The number of anilines is 1. The Hall–Kier alpha value is -2.66. The highest BCUT2D eigenvalue weighted by Gasteiger charge is 2.35. The predicted octanol–water partition coefficient (Wildman–Crippen LogP) is 1.77. The zero-order valence-corrected chi connectivity index (χ0v) is 14.3. The molecule has 1 heterocycles. The first-order valence-electron chi connectivity index (χ1n) is 8.40. The Labute approximate surface area is 147 Å². The van der Waals surface area contributed by atoms with Crippen LogP contribution in [0.15, 0.2) is 54.6 Å². The summed E-state index contributed by atoms with van der Waals surface area (Å²) in [6.45, 7) is 1.83. The van der Waals surface area contributed by atoms with Gasteiger partial charge in [0.2, 0.25) is 11.8 Å². The van der Waals surface area contributed by atoms with Crippen LogP contribution in [0.4, 0.5) is 5.69 Å². The maximum atomic E-state index is 12.6. The summed E-state index contributed by atoms with van der Waals surface area (Å²) >= 11 is 0. The average Bonchev–Trinajstić information content (AvgIpc) is 2.64. The van der Waals surface area contributed by atoms with Gasteiger partial charge in [0, 0.05) is 12.2 Å². The summed E-state index contributed by atoms with van der Waals surface area (Å²) in [7, 11) is 0.